The highest BCUT2D eigenvalue weighted by atomic mass is 19.3. The molecule has 1 aliphatic carbocycles. The quantitative estimate of drug-likeness (QED) is 0.769. The van der Waals surface area contributed by atoms with E-state index >= 15 is 0 Å². The molecule has 1 aromatic heterocycles. The third kappa shape index (κ3) is 2.43. The van der Waals surface area contributed by atoms with Crippen LogP contribution in [0.15, 0.2) is 18.3 Å². The van der Waals surface area contributed by atoms with Gasteiger partial charge in [0.05, 0.1) is 0 Å². The highest BCUT2D eigenvalue weighted by molar-refractivity contribution is 5.21. The van der Waals surface area contributed by atoms with Crippen LogP contribution in [0.25, 0.3) is 0 Å². The summed E-state index contributed by atoms with van der Waals surface area (Å²) in [4.78, 5) is 3.86. The summed E-state index contributed by atoms with van der Waals surface area (Å²) in [5, 5.41) is 0. The molecular formula is C11H13F2NO. The molecule has 0 saturated heterocycles. The van der Waals surface area contributed by atoms with Gasteiger partial charge in [-0.1, -0.05) is 0 Å². The minimum absolute atomic E-state index is 0.0801. The van der Waals surface area contributed by atoms with Crippen LogP contribution in [0.3, 0.4) is 0 Å². The van der Waals surface area contributed by atoms with E-state index in [4.69, 9.17) is 4.74 Å². The van der Waals surface area contributed by atoms with Crippen LogP contribution < -0.4 is 4.74 Å². The Labute approximate surface area is 87.3 Å². The van der Waals surface area contributed by atoms with Crippen LogP contribution >= 0.6 is 0 Å². The molecule has 1 aliphatic rings. The van der Waals surface area contributed by atoms with Gasteiger partial charge >= 0.3 is 0 Å². The van der Waals surface area contributed by atoms with Crippen molar-refractivity contribution in [2.24, 2.45) is 0 Å². The Hall–Kier alpha value is -1.19. The zero-order valence-electron chi connectivity index (χ0n) is 8.54. The number of rotatable bonds is 3. The van der Waals surface area contributed by atoms with Crippen LogP contribution in [0.5, 0.6) is 5.88 Å². The molecule has 1 aromatic rings. The summed E-state index contributed by atoms with van der Waals surface area (Å²) < 4.78 is 31.2. The van der Waals surface area contributed by atoms with Crippen molar-refractivity contribution < 1.29 is 13.5 Å². The van der Waals surface area contributed by atoms with Gasteiger partial charge in [-0.3, -0.25) is 0 Å². The van der Waals surface area contributed by atoms with Crippen LogP contribution in [-0.4, -0.2) is 11.1 Å². The minimum atomic E-state index is -2.83. The van der Waals surface area contributed by atoms with Crippen molar-refractivity contribution in [1.29, 1.82) is 0 Å². The Bertz CT molecular complexity index is 327. The van der Waals surface area contributed by atoms with Gasteiger partial charge in [-0.15, -0.1) is 0 Å². The lowest BCUT2D eigenvalue weighted by atomic mass is 9.96. The van der Waals surface area contributed by atoms with Crippen molar-refractivity contribution in [2.45, 2.75) is 38.2 Å². The number of nitrogens with zero attached hydrogens (tertiary/aromatic N) is 1. The molecule has 1 heterocycles. The molecule has 0 amide bonds. The Kier molecular flexibility index (Phi) is 2.59. The van der Waals surface area contributed by atoms with E-state index < -0.39 is 5.92 Å². The van der Waals surface area contributed by atoms with Gasteiger partial charge in [0.1, 0.15) is 6.10 Å². The molecule has 4 heteroatoms. The smallest absolute Gasteiger partial charge is 0.272 e. The molecule has 1 fully saturated rings. The average Bonchev–Trinajstić information content (AvgIpc) is 2.11. The summed E-state index contributed by atoms with van der Waals surface area (Å²) >= 11 is 0. The first-order valence-corrected chi connectivity index (χ1v) is 5.07. The number of hydrogen-bond acceptors (Lipinski definition) is 2. The van der Waals surface area contributed by atoms with Gasteiger partial charge in [-0.25, -0.2) is 13.8 Å². The summed E-state index contributed by atoms with van der Waals surface area (Å²) in [6.07, 6.45) is 4.65. The maximum absolute atomic E-state index is 12.8. The molecule has 0 radical (unpaired) electrons. The lowest BCUT2D eigenvalue weighted by molar-refractivity contribution is 0.0169. The molecule has 0 atom stereocenters. The number of alkyl halides is 2. The Balaban J connectivity index is 2.03. The monoisotopic (exact) mass is 213 g/mol. The summed E-state index contributed by atoms with van der Waals surface area (Å²) in [5.74, 6) is -2.39. The molecule has 2 rings (SSSR count). The van der Waals surface area contributed by atoms with Crippen LogP contribution in [0.2, 0.25) is 0 Å². The summed E-state index contributed by atoms with van der Waals surface area (Å²) in [6, 6.07) is 2.87. The molecule has 2 nitrogen and oxygen atoms in total. The molecule has 82 valence electrons. The summed E-state index contributed by atoms with van der Waals surface area (Å²) in [5.41, 5.74) is -0.0801. The maximum atomic E-state index is 12.8. The van der Waals surface area contributed by atoms with E-state index in [1.165, 1.54) is 24.8 Å². The first-order valence-electron chi connectivity index (χ1n) is 5.07. The highest BCUT2D eigenvalue weighted by Crippen LogP contribution is 2.28. The predicted molar refractivity (Wildman–Crippen MR) is 52.1 cm³/mol. The van der Waals surface area contributed by atoms with Gasteiger partial charge in [0.2, 0.25) is 5.88 Å². The average molecular weight is 213 g/mol. The van der Waals surface area contributed by atoms with Crippen LogP contribution in [0.1, 0.15) is 31.7 Å². The number of pyridine rings is 1. The van der Waals surface area contributed by atoms with E-state index in [0.29, 0.717) is 5.88 Å². The van der Waals surface area contributed by atoms with E-state index in [9.17, 15) is 8.78 Å². The van der Waals surface area contributed by atoms with Crippen LogP contribution in [-0.2, 0) is 5.92 Å². The standard InChI is InChI=1S/C11H13F2NO/c1-11(12,13)8-5-6-10(14-7-8)15-9-3-2-4-9/h5-7,9H,2-4H2,1H3. The van der Waals surface area contributed by atoms with Crippen molar-refractivity contribution in [3.05, 3.63) is 23.9 Å². The van der Waals surface area contributed by atoms with Crippen molar-refractivity contribution >= 4 is 0 Å². The summed E-state index contributed by atoms with van der Waals surface area (Å²) in [6.45, 7) is 0.858. The number of hydrogen-bond donors (Lipinski definition) is 0. The van der Waals surface area contributed by atoms with Crippen LogP contribution in [0, 0.1) is 0 Å². The lowest BCUT2D eigenvalue weighted by Gasteiger charge is -2.25. The first kappa shape index (κ1) is 10.3. The Morgan fingerprint density at radius 3 is 2.53 bits per heavy atom. The number of ether oxygens (including phenoxy) is 1. The van der Waals surface area contributed by atoms with Gasteiger partial charge in [0.15, 0.2) is 0 Å². The molecule has 0 spiro atoms. The molecular weight excluding hydrogens is 200 g/mol. The molecule has 0 aromatic carbocycles. The van der Waals surface area contributed by atoms with Crippen molar-refractivity contribution in [3.63, 3.8) is 0 Å². The summed E-state index contributed by atoms with van der Waals surface area (Å²) in [7, 11) is 0. The van der Waals surface area contributed by atoms with Crippen molar-refractivity contribution in [1.82, 2.24) is 4.98 Å². The molecule has 0 N–H and O–H groups in total. The maximum Gasteiger partial charge on any atom is 0.272 e. The van der Waals surface area contributed by atoms with Crippen LogP contribution in [0.4, 0.5) is 8.78 Å². The van der Waals surface area contributed by atoms with E-state index in [0.717, 1.165) is 19.8 Å². The fourth-order valence-corrected chi connectivity index (χ4v) is 1.37. The predicted octanol–water partition coefficient (Wildman–Crippen LogP) is 3.12. The molecule has 0 aliphatic heterocycles. The Morgan fingerprint density at radius 1 is 1.40 bits per heavy atom. The lowest BCUT2D eigenvalue weighted by Crippen LogP contribution is -2.25. The van der Waals surface area contributed by atoms with Crippen molar-refractivity contribution in [3.8, 4) is 5.88 Å². The van der Waals surface area contributed by atoms with E-state index in [1.54, 1.807) is 0 Å². The van der Waals surface area contributed by atoms with Gasteiger partial charge < -0.3 is 4.74 Å². The normalized spacial score (nSPS) is 17.3. The van der Waals surface area contributed by atoms with Gasteiger partial charge in [0.25, 0.3) is 5.92 Å². The second kappa shape index (κ2) is 3.76. The fourth-order valence-electron chi connectivity index (χ4n) is 1.37. The fraction of sp³-hybridized carbons (Fsp3) is 0.545. The third-order valence-electron chi connectivity index (χ3n) is 2.58. The molecule has 1 saturated carbocycles. The van der Waals surface area contributed by atoms with Gasteiger partial charge in [0, 0.05) is 24.8 Å². The second-order valence-electron chi connectivity index (χ2n) is 3.94. The van der Waals surface area contributed by atoms with Crippen molar-refractivity contribution in [2.75, 3.05) is 0 Å². The zero-order valence-corrected chi connectivity index (χ0v) is 8.54. The molecule has 0 unspecified atom stereocenters. The van der Waals surface area contributed by atoms with Gasteiger partial charge in [-0.2, -0.15) is 0 Å². The number of aromatic nitrogens is 1. The largest absolute Gasteiger partial charge is 0.474 e. The zero-order chi connectivity index (χ0) is 10.9. The molecule has 15 heavy (non-hydrogen) atoms. The SMILES string of the molecule is CC(F)(F)c1ccc(OC2CCC2)nc1. The van der Waals surface area contributed by atoms with E-state index in [1.807, 2.05) is 0 Å². The number of halogens is 2. The second-order valence-corrected chi connectivity index (χ2v) is 3.94. The van der Waals surface area contributed by atoms with E-state index in [-0.39, 0.29) is 11.7 Å². The highest BCUT2D eigenvalue weighted by Gasteiger charge is 2.25. The van der Waals surface area contributed by atoms with E-state index in [2.05, 4.69) is 4.98 Å². The molecule has 0 bridgehead atoms. The van der Waals surface area contributed by atoms with Gasteiger partial charge in [-0.05, 0) is 25.3 Å². The Morgan fingerprint density at radius 2 is 2.13 bits per heavy atom. The topological polar surface area (TPSA) is 22.1 Å². The first-order chi connectivity index (χ1) is 7.05. The minimum Gasteiger partial charge on any atom is -0.474 e. The third-order valence-corrected chi connectivity index (χ3v) is 2.58.